The minimum Gasteiger partial charge on any atom is -0.497 e. The fourth-order valence-corrected chi connectivity index (χ4v) is 5.31. The van der Waals surface area contributed by atoms with Crippen molar-refractivity contribution in [3.05, 3.63) is 87.6 Å². The predicted molar refractivity (Wildman–Crippen MR) is 158 cm³/mol. The number of piperazine rings is 1. The van der Waals surface area contributed by atoms with Gasteiger partial charge < -0.3 is 28.9 Å². The number of methoxy groups -OCH3 is 1. The molecule has 0 aliphatic carbocycles. The monoisotopic (exact) mass is 556 g/mol. The SMILES string of the molecule is COc1ccc(N2CCN(c3nc4c(c(=O)[nH]c(=O)n4C)n3C[C@@H](O)COc3ccc4ccccc4c3)CC2)cc1. The van der Waals surface area contributed by atoms with Gasteiger partial charge in [0, 0.05) is 38.9 Å². The van der Waals surface area contributed by atoms with E-state index in [0.717, 1.165) is 35.3 Å². The maximum atomic E-state index is 13.0. The van der Waals surface area contributed by atoms with Crippen molar-refractivity contribution in [2.24, 2.45) is 7.05 Å². The van der Waals surface area contributed by atoms with Gasteiger partial charge in [0.2, 0.25) is 5.95 Å². The number of benzene rings is 3. The Labute approximate surface area is 235 Å². The zero-order chi connectivity index (χ0) is 28.5. The quantitative estimate of drug-likeness (QED) is 0.299. The van der Waals surface area contributed by atoms with Gasteiger partial charge in [0.25, 0.3) is 5.56 Å². The summed E-state index contributed by atoms with van der Waals surface area (Å²) in [4.78, 5) is 36.7. The number of aromatic nitrogens is 4. The number of fused-ring (bicyclic) bond motifs is 2. The van der Waals surface area contributed by atoms with E-state index in [4.69, 9.17) is 14.5 Å². The number of nitrogens with zero attached hydrogens (tertiary/aromatic N) is 5. The summed E-state index contributed by atoms with van der Waals surface area (Å²) in [5, 5.41) is 13.2. The van der Waals surface area contributed by atoms with Crippen molar-refractivity contribution in [3.63, 3.8) is 0 Å². The topological polar surface area (TPSA) is 118 Å². The van der Waals surface area contributed by atoms with E-state index < -0.39 is 17.4 Å². The van der Waals surface area contributed by atoms with E-state index in [9.17, 15) is 14.7 Å². The van der Waals surface area contributed by atoms with Crippen LogP contribution in [0.15, 0.2) is 76.3 Å². The molecule has 5 aromatic rings. The highest BCUT2D eigenvalue weighted by molar-refractivity contribution is 5.83. The van der Waals surface area contributed by atoms with Gasteiger partial charge in [0.05, 0.1) is 13.7 Å². The van der Waals surface area contributed by atoms with Crippen LogP contribution >= 0.6 is 0 Å². The van der Waals surface area contributed by atoms with Crippen molar-refractivity contribution in [3.8, 4) is 11.5 Å². The summed E-state index contributed by atoms with van der Waals surface area (Å²) in [7, 11) is 3.22. The molecule has 212 valence electrons. The van der Waals surface area contributed by atoms with Crippen LogP contribution in [-0.4, -0.2) is 70.2 Å². The third-order valence-electron chi connectivity index (χ3n) is 7.54. The van der Waals surface area contributed by atoms with Crippen LogP contribution in [0.5, 0.6) is 11.5 Å². The van der Waals surface area contributed by atoms with Gasteiger partial charge in [-0.3, -0.25) is 14.3 Å². The molecule has 1 aliphatic heterocycles. The standard InChI is InChI=1S/C30H32N6O5/c1-33-27-26(28(38)32-30(33)39)36(18-23(37)19-41-25-10-7-20-5-3-4-6-21(20)17-25)29(31-27)35-15-13-34(14-16-35)22-8-11-24(40-2)12-9-22/h3-12,17,23,37H,13-16,18-19H2,1-2H3,(H,32,38,39)/t23-/m1/s1. The number of H-pyrrole nitrogens is 1. The highest BCUT2D eigenvalue weighted by Crippen LogP contribution is 2.25. The molecule has 0 saturated carbocycles. The van der Waals surface area contributed by atoms with E-state index >= 15 is 0 Å². The van der Waals surface area contributed by atoms with Gasteiger partial charge in [0.1, 0.15) is 24.2 Å². The number of anilines is 2. The van der Waals surface area contributed by atoms with E-state index in [0.29, 0.717) is 24.8 Å². The van der Waals surface area contributed by atoms with Crippen molar-refractivity contribution < 1.29 is 14.6 Å². The summed E-state index contributed by atoms with van der Waals surface area (Å²) >= 11 is 0. The Kier molecular flexibility index (Phi) is 7.10. The summed E-state index contributed by atoms with van der Waals surface area (Å²) in [5.74, 6) is 1.99. The van der Waals surface area contributed by atoms with Crippen LogP contribution in [0.1, 0.15) is 0 Å². The molecule has 41 heavy (non-hydrogen) atoms. The number of nitrogens with one attached hydrogen (secondary N) is 1. The lowest BCUT2D eigenvalue weighted by molar-refractivity contribution is 0.0937. The highest BCUT2D eigenvalue weighted by Gasteiger charge is 2.26. The van der Waals surface area contributed by atoms with E-state index in [1.165, 1.54) is 4.57 Å². The van der Waals surface area contributed by atoms with Gasteiger partial charge in [-0.1, -0.05) is 30.3 Å². The molecule has 0 amide bonds. The zero-order valence-electron chi connectivity index (χ0n) is 23.0. The maximum absolute atomic E-state index is 13.0. The molecule has 11 nitrogen and oxygen atoms in total. The van der Waals surface area contributed by atoms with Gasteiger partial charge in [0.15, 0.2) is 11.2 Å². The molecule has 0 spiro atoms. The Balaban J connectivity index is 1.23. The average molecular weight is 557 g/mol. The Morgan fingerprint density at radius 1 is 0.927 bits per heavy atom. The van der Waals surface area contributed by atoms with Gasteiger partial charge >= 0.3 is 5.69 Å². The van der Waals surface area contributed by atoms with E-state index in [2.05, 4.69) is 14.8 Å². The minimum atomic E-state index is -0.935. The second-order valence-corrected chi connectivity index (χ2v) is 10.2. The molecule has 11 heteroatoms. The molecule has 2 N–H and O–H groups in total. The number of aromatic amines is 1. The molecule has 1 saturated heterocycles. The molecule has 0 unspecified atom stereocenters. The Bertz CT molecular complexity index is 1800. The van der Waals surface area contributed by atoms with Crippen molar-refractivity contribution in [2.45, 2.75) is 12.6 Å². The average Bonchev–Trinajstić information content (AvgIpc) is 3.38. The van der Waals surface area contributed by atoms with Crippen molar-refractivity contribution in [1.29, 1.82) is 0 Å². The number of hydrogen-bond acceptors (Lipinski definition) is 8. The maximum Gasteiger partial charge on any atom is 0.329 e. The summed E-state index contributed by atoms with van der Waals surface area (Å²) < 4.78 is 14.2. The normalized spacial score (nSPS) is 14.5. The first-order valence-corrected chi connectivity index (χ1v) is 13.5. The Morgan fingerprint density at radius 3 is 2.34 bits per heavy atom. The van der Waals surface area contributed by atoms with Crippen molar-refractivity contribution in [1.82, 2.24) is 19.1 Å². The molecular formula is C30H32N6O5. The van der Waals surface area contributed by atoms with Crippen molar-refractivity contribution in [2.75, 3.05) is 49.7 Å². The third kappa shape index (κ3) is 5.23. The lowest BCUT2D eigenvalue weighted by Crippen LogP contribution is -2.47. The number of aliphatic hydroxyl groups is 1. The molecule has 0 bridgehead atoms. The van der Waals surface area contributed by atoms with Crippen molar-refractivity contribution >= 4 is 33.6 Å². The lowest BCUT2D eigenvalue weighted by Gasteiger charge is -2.37. The summed E-state index contributed by atoms with van der Waals surface area (Å²) in [5.41, 5.74) is 0.530. The van der Waals surface area contributed by atoms with Crippen LogP contribution in [0.2, 0.25) is 0 Å². The largest absolute Gasteiger partial charge is 0.497 e. The minimum absolute atomic E-state index is 0.0202. The number of aliphatic hydroxyl groups excluding tert-OH is 1. The zero-order valence-corrected chi connectivity index (χ0v) is 23.0. The van der Waals surface area contributed by atoms with Crippen LogP contribution in [-0.2, 0) is 13.6 Å². The summed E-state index contributed by atoms with van der Waals surface area (Å²) in [6.45, 7) is 2.85. The predicted octanol–water partition coefficient (Wildman–Crippen LogP) is 2.35. The number of rotatable bonds is 8. The van der Waals surface area contributed by atoms with Crippen LogP contribution in [0, 0.1) is 0 Å². The molecular weight excluding hydrogens is 524 g/mol. The fourth-order valence-electron chi connectivity index (χ4n) is 5.31. The van der Waals surface area contributed by atoms with Crippen LogP contribution in [0.4, 0.5) is 11.6 Å². The highest BCUT2D eigenvalue weighted by atomic mass is 16.5. The number of ether oxygens (including phenoxy) is 2. The molecule has 1 aliphatic rings. The molecule has 0 radical (unpaired) electrons. The third-order valence-corrected chi connectivity index (χ3v) is 7.54. The number of aryl methyl sites for hydroxylation is 1. The molecule has 2 aromatic heterocycles. The Morgan fingerprint density at radius 2 is 1.61 bits per heavy atom. The smallest absolute Gasteiger partial charge is 0.329 e. The molecule has 6 rings (SSSR count). The number of hydrogen-bond donors (Lipinski definition) is 2. The van der Waals surface area contributed by atoms with Crippen LogP contribution in [0.3, 0.4) is 0 Å². The first kappa shape index (κ1) is 26.5. The summed E-state index contributed by atoms with van der Waals surface area (Å²) in [6.07, 6.45) is -0.935. The van der Waals surface area contributed by atoms with Crippen LogP contribution in [0.25, 0.3) is 21.9 Å². The Hall–Kier alpha value is -4.77. The fraction of sp³-hybridized carbons (Fsp3) is 0.300. The second kappa shape index (κ2) is 11.0. The molecule has 3 aromatic carbocycles. The van der Waals surface area contributed by atoms with Gasteiger partial charge in [-0.05, 0) is 47.2 Å². The number of imidazole rings is 1. The molecule has 1 atom stereocenters. The molecule has 1 fully saturated rings. The van der Waals surface area contributed by atoms with Gasteiger partial charge in [-0.2, -0.15) is 4.98 Å². The lowest BCUT2D eigenvalue weighted by atomic mass is 10.1. The van der Waals surface area contributed by atoms with E-state index in [-0.39, 0.29) is 24.3 Å². The van der Waals surface area contributed by atoms with E-state index in [1.54, 1.807) is 18.7 Å². The summed E-state index contributed by atoms with van der Waals surface area (Å²) in [6, 6.07) is 21.7. The second-order valence-electron chi connectivity index (χ2n) is 10.2. The van der Waals surface area contributed by atoms with Gasteiger partial charge in [-0.15, -0.1) is 0 Å². The van der Waals surface area contributed by atoms with E-state index in [1.807, 2.05) is 66.7 Å². The first-order chi connectivity index (χ1) is 19.9. The molecule has 3 heterocycles. The van der Waals surface area contributed by atoms with Gasteiger partial charge in [-0.25, -0.2) is 4.79 Å². The first-order valence-electron chi connectivity index (χ1n) is 13.5. The van der Waals surface area contributed by atoms with Crippen LogP contribution < -0.4 is 30.5 Å².